The topological polar surface area (TPSA) is 46.9 Å². The number of hydrogen-bond donors (Lipinski definition) is 1. The van der Waals surface area contributed by atoms with Gasteiger partial charge in [0.2, 0.25) is 0 Å². The Morgan fingerprint density at radius 2 is 1.76 bits per heavy atom. The number of nitrogens with one attached hydrogen (secondary N) is 1. The molecule has 0 atom stereocenters. The highest BCUT2D eigenvalue weighted by Gasteiger charge is 2.50. The molecule has 154 valence electrons. The third-order valence-electron chi connectivity index (χ3n) is 7.56. The second kappa shape index (κ2) is 6.96. The molecular formula is C24H30FN3O. The van der Waals surface area contributed by atoms with Gasteiger partial charge in [-0.05, 0) is 94.1 Å². The Balaban J connectivity index is 1.28. The van der Waals surface area contributed by atoms with Crippen LogP contribution in [-0.2, 0) is 0 Å². The minimum Gasteiger partial charge on any atom is -0.383 e. The Hall–Kier alpha value is -2.17. The Morgan fingerprint density at radius 1 is 1.10 bits per heavy atom. The fourth-order valence-electron chi connectivity index (χ4n) is 6.90. The van der Waals surface area contributed by atoms with Gasteiger partial charge in [0, 0.05) is 24.4 Å². The highest BCUT2D eigenvalue weighted by atomic mass is 19.1. The zero-order valence-corrected chi connectivity index (χ0v) is 17.4. The summed E-state index contributed by atoms with van der Waals surface area (Å²) in [6.07, 6.45) is 9.64. The van der Waals surface area contributed by atoms with Crippen molar-refractivity contribution in [3.8, 4) is 5.69 Å². The number of aryl methyl sites for hydroxylation is 2. The molecule has 4 aliphatic rings. The minimum absolute atomic E-state index is 0.183. The molecule has 4 bridgehead atoms. The van der Waals surface area contributed by atoms with E-state index >= 15 is 0 Å². The van der Waals surface area contributed by atoms with Crippen LogP contribution in [0.4, 0.5) is 10.1 Å². The van der Waals surface area contributed by atoms with Gasteiger partial charge in [0.25, 0.3) is 5.56 Å². The van der Waals surface area contributed by atoms with Gasteiger partial charge in [0.15, 0.2) is 0 Å². The van der Waals surface area contributed by atoms with E-state index in [1.807, 2.05) is 0 Å². The SMILES string of the molecule is Cc1cc(=O)n(-c2ccc(NCCC34CC5CC(CC(C5)C3)C4)c(F)c2)c(C)n1. The number of aromatic nitrogens is 2. The van der Waals surface area contributed by atoms with Crippen LogP contribution >= 0.6 is 0 Å². The van der Waals surface area contributed by atoms with Crippen molar-refractivity contribution in [3.05, 3.63) is 52.0 Å². The minimum atomic E-state index is -0.320. The van der Waals surface area contributed by atoms with E-state index in [-0.39, 0.29) is 11.4 Å². The van der Waals surface area contributed by atoms with Crippen molar-refractivity contribution in [2.24, 2.45) is 23.2 Å². The molecule has 0 saturated heterocycles. The van der Waals surface area contributed by atoms with Gasteiger partial charge in [-0.25, -0.2) is 9.37 Å². The van der Waals surface area contributed by atoms with Crippen LogP contribution in [0, 0.1) is 42.8 Å². The maximum absolute atomic E-state index is 14.8. The first-order valence-electron chi connectivity index (χ1n) is 11.0. The van der Waals surface area contributed by atoms with Crippen LogP contribution in [0.2, 0.25) is 0 Å². The van der Waals surface area contributed by atoms with Crippen molar-refractivity contribution in [3.63, 3.8) is 0 Å². The first-order chi connectivity index (χ1) is 13.9. The highest BCUT2D eigenvalue weighted by molar-refractivity contribution is 5.50. The molecule has 1 heterocycles. The van der Waals surface area contributed by atoms with Crippen molar-refractivity contribution >= 4 is 5.69 Å². The molecule has 0 spiro atoms. The summed E-state index contributed by atoms with van der Waals surface area (Å²) in [7, 11) is 0. The molecule has 4 nitrogen and oxygen atoms in total. The molecule has 4 saturated carbocycles. The van der Waals surface area contributed by atoms with Crippen LogP contribution in [0.1, 0.15) is 56.5 Å². The van der Waals surface area contributed by atoms with E-state index in [0.717, 1.165) is 30.7 Å². The van der Waals surface area contributed by atoms with Crippen LogP contribution < -0.4 is 10.9 Å². The van der Waals surface area contributed by atoms with Crippen molar-refractivity contribution < 1.29 is 4.39 Å². The molecule has 5 heteroatoms. The molecule has 1 aromatic heterocycles. The molecule has 4 aliphatic carbocycles. The normalized spacial score (nSPS) is 30.0. The summed E-state index contributed by atoms with van der Waals surface area (Å²) in [5, 5.41) is 3.33. The van der Waals surface area contributed by atoms with Crippen LogP contribution in [0.3, 0.4) is 0 Å². The Labute approximate surface area is 171 Å². The Bertz CT molecular complexity index is 961. The maximum Gasteiger partial charge on any atom is 0.258 e. The zero-order chi connectivity index (χ0) is 20.2. The lowest BCUT2D eigenvalue weighted by atomic mass is 9.49. The Kier molecular flexibility index (Phi) is 4.52. The zero-order valence-electron chi connectivity index (χ0n) is 17.4. The van der Waals surface area contributed by atoms with Gasteiger partial charge in [0.05, 0.1) is 11.4 Å². The van der Waals surface area contributed by atoms with Crippen LogP contribution in [0.5, 0.6) is 0 Å². The summed E-state index contributed by atoms with van der Waals surface area (Å²) in [5.41, 5.74) is 2.02. The lowest BCUT2D eigenvalue weighted by Crippen LogP contribution is -2.46. The van der Waals surface area contributed by atoms with Gasteiger partial charge in [-0.1, -0.05) is 0 Å². The highest BCUT2D eigenvalue weighted by Crippen LogP contribution is 2.61. The van der Waals surface area contributed by atoms with Crippen molar-refractivity contribution in [1.29, 1.82) is 0 Å². The summed E-state index contributed by atoms with van der Waals surface area (Å²) in [6, 6.07) is 6.44. The third-order valence-corrected chi connectivity index (χ3v) is 7.56. The number of nitrogens with zero attached hydrogens (tertiary/aromatic N) is 2. The monoisotopic (exact) mass is 395 g/mol. The fourth-order valence-corrected chi connectivity index (χ4v) is 6.90. The lowest BCUT2D eigenvalue weighted by Gasteiger charge is -2.57. The molecule has 0 amide bonds. The molecule has 1 aromatic carbocycles. The summed E-state index contributed by atoms with van der Waals surface area (Å²) in [5.74, 6) is 3.09. The van der Waals surface area contributed by atoms with Crippen LogP contribution in [0.15, 0.2) is 29.1 Å². The van der Waals surface area contributed by atoms with Crippen molar-refractivity contribution in [2.75, 3.05) is 11.9 Å². The summed E-state index contributed by atoms with van der Waals surface area (Å²) < 4.78 is 16.2. The first kappa shape index (κ1) is 18.8. The number of halogens is 1. The molecule has 29 heavy (non-hydrogen) atoms. The average molecular weight is 396 g/mol. The largest absolute Gasteiger partial charge is 0.383 e. The number of rotatable bonds is 5. The molecule has 0 unspecified atom stereocenters. The van der Waals surface area contributed by atoms with E-state index in [2.05, 4.69) is 10.3 Å². The smallest absolute Gasteiger partial charge is 0.258 e. The molecule has 6 rings (SSSR count). The van der Waals surface area contributed by atoms with Gasteiger partial charge in [-0.3, -0.25) is 9.36 Å². The predicted molar refractivity (Wildman–Crippen MR) is 113 cm³/mol. The fraction of sp³-hybridized carbons (Fsp3) is 0.583. The number of anilines is 1. The second-order valence-electron chi connectivity index (χ2n) is 9.88. The lowest BCUT2D eigenvalue weighted by molar-refractivity contribution is -0.0552. The van der Waals surface area contributed by atoms with Crippen molar-refractivity contribution in [2.45, 2.75) is 58.8 Å². The summed E-state index contributed by atoms with van der Waals surface area (Å²) >= 11 is 0. The van der Waals surface area contributed by atoms with E-state index in [1.54, 1.807) is 26.0 Å². The van der Waals surface area contributed by atoms with Gasteiger partial charge in [-0.15, -0.1) is 0 Å². The van der Waals surface area contributed by atoms with E-state index in [9.17, 15) is 9.18 Å². The maximum atomic E-state index is 14.8. The quantitative estimate of drug-likeness (QED) is 0.774. The first-order valence-corrected chi connectivity index (χ1v) is 11.0. The third kappa shape index (κ3) is 3.49. The van der Waals surface area contributed by atoms with Gasteiger partial charge in [0.1, 0.15) is 11.6 Å². The van der Waals surface area contributed by atoms with E-state index in [1.165, 1.54) is 55.2 Å². The Morgan fingerprint density at radius 3 is 2.34 bits per heavy atom. The van der Waals surface area contributed by atoms with Gasteiger partial charge >= 0.3 is 0 Å². The van der Waals surface area contributed by atoms with E-state index in [0.29, 0.717) is 28.3 Å². The van der Waals surface area contributed by atoms with Gasteiger partial charge < -0.3 is 5.32 Å². The summed E-state index contributed by atoms with van der Waals surface area (Å²) in [4.78, 5) is 16.6. The van der Waals surface area contributed by atoms with Crippen LogP contribution in [-0.4, -0.2) is 16.1 Å². The standard InChI is InChI=1S/C24H30FN3O/c1-15-7-23(29)28(16(2)27-15)20-3-4-22(21(25)11-20)26-6-5-24-12-17-8-18(13-24)10-19(9-17)14-24/h3-4,7,11,17-19,26H,5-6,8-10,12-14H2,1-2H3. The average Bonchev–Trinajstić information content (AvgIpc) is 2.61. The molecule has 4 fully saturated rings. The molecule has 0 radical (unpaired) electrons. The predicted octanol–water partition coefficient (Wildman–Crippen LogP) is 5.01. The van der Waals surface area contributed by atoms with E-state index < -0.39 is 0 Å². The second-order valence-corrected chi connectivity index (χ2v) is 9.88. The van der Waals surface area contributed by atoms with Crippen LogP contribution in [0.25, 0.3) is 5.69 Å². The summed E-state index contributed by atoms with van der Waals surface area (Å²) in [6.45, 7) is 4.37. The molecule has 1 N–H and O–H groups in total. The molecule has 0 aliphatic heterocycles. The number of benzene rings is 1. The molecular weight excluding hydrogens is 365 g/mol. The number of hydrogen-bond acceptors (Lipinski definition) is 3. The van der Waals surface area contributed by atoms with Gasteiger partial charge in [-0.2, -0.15) is 0 Å². The van der Waals surface area contributed by atoms with E-state index in [4.69, 9.17) is 0 Å². The molecule has 2 aromatic rings. The van der Waals surface area contributed by atoms with Crippen molar-refractivity contribution in [1.82, 2.24) is 9.55 Å².